The van der Waals surface area contributed by atoms with Crippen molar-refractivity contribution in [1.82, 2.24) is 4.68 Å². The molecule has 6 heteroatoms. The molecule has 0 saturated heterocycles. The lowest BCUT2D eigenvalue weighted by Gasteiger charge is -2.13. The summed E-state index contributed by atoms with van der Waals surface area (Å²) in [4.78, 5) is 2.72. The van der Waals surface area contributed by atoms with Crippen molar-refractivity contribution in [2.24, 2.45) is 0 Å². The molecule has 0 bridgehead atoms. The van der Waals surface area contributed by atoms with E-state index in [1.54, 1.807) is 60.8 Å². The SMILES string of the molecule is O=S(=O)(Nn1cccc1-c1ccc(O)cc1)c1ccccc1. The van der Waals surface area contributed by atoms with Crippen molar-refractivity contribution in [2.45, 2.75) is 4.90 Å². The second-order valence-corrected chi connectivity index (χ2v) is 6.38. The van der Waals surface area contributed by atoms with Crippen LogP contribution < -0.4 is 4.83 Å². The lowest BCUT2D eigenvalue weighted by molar-refractivity contribution is 0.475. The molecule has 1 aromatic heterocycles. The molecule has 0 radical (unpaired) electrons. The summed E-state index contributed by atoms with van der Waals surface area (Å²) in [5.41, 5.74) is 1.47. The molecule has 0 aliphatic heterocycles. The Kier molecular flexibility index (Phi) is 3.60. The van der Waals surface area contributed by atoms with Gasteiger partial charge < -0.3 is 5.11 Å². The maximum Gasteiger partial charge on any atom is 0.275 e. The number of phenols is 1. The summed E-state index contributed by atoms with van der Waals surface area (Å²) in [6.45, 7) is 0. The van der Waals surface area contributed by atoms with Crippen LogP contribution in [0.15, 0.2) is 77.8 Å². The summed E-state index contributed by atoms with van der Waals surface area (Å²) in [7, 11) is -3.66. The van der Waals surface area contributed by atoms with Gasteiger partial charge in [0, 0.05) is 11.8 Å². The first-order valence-electron chi connectivity index (χ1n) is 6.61. The zero-order valence-corrected chi connectivity index (χ0v) is 12.4. The van der Waals surface area contributed by atoms with Crippen molar-refractivity contribution in [2.75, 3.05) is 4.83 Å². The number of rotatable bonds is 4. The Morgan fingerprint density at radius 2 is 1.55 bits per heavy atom. The van der Waals surface area contributed by atoms with Crippen molar-refractivity contribution in [3.63, 3.8) is 0 Å². The Bertz CT molecular complexity index is 869. The van der Waals surface area contributed by atoms with Gasteiger partial charge in [0.25, 0.3) is 10.0 Å². The third kappa shape index (κ3) is 2.82. The molecule has 2 aromatic carbocycles. The van der Waals surface area contributed by atoms with Gasteiger partial charge >= 0.3 is 0 Å². The predicted molar refractivity (Wildman–Crippen MR) is 84.5 cm³/mol. The van der Waals surface area contributed by atoms with Crippen LogP contribution in [0.2, 0.25) is 0 Å². The first-order valence-corrected chi connectivity index (χ1v) is 8.09. The summed E-state index contributed by atoms with van der Waals surface area (Å²) in [5, 5.41) is 9.34. The number of sulfonamides is 1. The van der Waals surface area contributed by atoms with Crippen LogP contribution in [-0.4, -0.2) is 18.2 Å². The van der Waals surface area contributed by atoms with E-state index >= 15 is 0 Å². The van der Waals surface area contributed by atoms with Gasteiger partial charge in [-0.25, -0.2) is 4.83 Å². The van der Waals surface area contributed by atoms with E-state index in [9.17, 15) is 13.5 Å². The van der Waals surface area contributed by atoms with Gasteiger partial charge in [-0.3, -0.25) is 4.68 Å². The van der Waals surface area contributed by atoms with Crippen molar-refractivity contribution in [3.05, 3.63) is 72.9 Å². The summed E-state index contributed by atoms with van der Waals surface area (Å²) in [5.74, 6) is 0.159. The minimum absolute atomic E-state index is 0.159. The van der Waals surface area contributed by atoms with Crippen molar-refractivity contribution < 1.29 is 13.5 Å². The molecule has 1 heterocycles. The number of hydrogen-bond acceptors (Lipinski definition) is 3. The molecule has 112 valence electrons. The normalized spacial score (nSPS) is 11.3. The van der Waals surface area contributed by atoms with Crippen LogP contribution in [0.3, 0.4) is 0 Å². The van der Waals surface area contributed by atoms with Gasteiger partial charge in [0.1, 0.15) is 5.75 Å². The highest BCUT2D eigenvalue weighted by Gasteiger charge is 2.15. The maximum atomic E-state index is 12.4. The van der Waals surface area contributed by atoms with Crippen LogP contribution in [0.1, 0.15) is 0 Å². The van der Waals surface area contributed by atoms with Gasteiger partial charge in [0.05, 0.1) is 10.6 Å². The zero-order valence-electron chi connectivity index (χ0n) is 11.5. The third-order valence-electron chi connectivity index (χ3n) is 3.18. The van der Waals surface area contributed by atoms with E-state index < -0.39 is 10.0 Å². The fraction of sp³-hybridized carbons (Fsp3) is 0. The fourth-order valence-corrected chi connectivity index (χ4v) is 3.15. The van der Waals surface area contributed by atoms with Gasteiger partial charge in [-0.1, -0.05) is 18.2 Å². The highest BCUT2D eigenvalue weighted by molar-refractivity contribution is 7.92. The van der Waals surface area contributed by atoms with Gasteiger partial charge in [0.15, 0.2) is 0 Å². The van der Waals surface area contributed by atoms with E-state index in [-0.39, 0.29) is 10.6 Å². The van der Waals surface area contributed by atoms with E-state index in [1.165, 1.54) is 16.8 Å². The highest BCUT2D eigenvalue weighted by atomic mass is 32.2. The number of nitrogens with zero attached hydrogens (tertiary/aromatic N) is 1. The third-order valence-corrected chi connectivity index (χ3v) is 4.51. The van der Waals surface area contributed by atoms with Gasteiger partial charge in [0.2, 0.25) is 0 Å². The number of nitrogens with one attached hydrogen (secondary N) is 1. The lowest BCUT2D eigenvalue weighted by atomic mass is 10.1. The molecule has 0 aliphatic carbocycles. The van der Waals surface area contributed by atoms with Crippen LogP contribution in [0.5, 0.6) is 5.75 Å². The van der Waals surface area contributed by atoms with Crippen LogP contribution in [0.25, 0.3) is 11.3 Å². The molecule has 0 unspecified atom stereocenters. The van der Waals surface area contributed by atoms with Crippen LogP contribution in [0.4, 0.5) is 0 Å². The standard InChI is InChI=1S/C16H14N2O3S/c19-14-10-8-13(9-11-14)16-7-4-12-18(16)17-22(20,21)15-5-2-1-3-6-15/h1-12,17,19H. The first-order chi connectivity index (χ1) is 10.6. The average Bonchev–Trinajstić information content (AvgIpc) is 2.96. The molecule has 0 fully saturated rings. The smallest absolute Gasteiger partial charge is 0.275 e. The number of aromatic nitrogens is 1. The Balaban J connectivity index is 1.95. The van der Waals surface area contributed by atoms with E-state index in [0.717, 1.165) is 5.56 Å². The van der Waals surface area contributed by atoms with Gasteiger partial charge in [-0.05, 0) is 48.5 Å². The second kappa shape index (κ2) is 5.57. The summed E-state index contributed by atoms with van der Waals surface area (Å²) in [6, 6.07) is 18.3. The number of phenolic OH excluding ortho intramolecular Hbond substituents is 1. The van der Waals surface area contributed by atoms with E-state index in [1.807, 2.05) is 0 Å². The Morgan fingerprint density at radius 3 is 2.23 bits per heavy atom. The van der Waals surface area contributed by atoms with Crippen LogP contribution in [0, 0.1) is 0 Å². The Hall–Kier alpha value is -2.73. The van der Waals surface area contributed by atoms with E-state index in [0.29, 0.717) is 5.69 Å². The van der Waals surface area contributed by atoms with Crippen molar-refractivity contribution in [3.8, 4) is 17.0 Å². The predicted octanol–water partition coefficient (Wildman–Crippen LogP) is 2.79. The Morgan fingerprint density at radius 1 is 0.864 bits per heavy atom. The van der Waals surface area contributed by atoms with Gasteiger partial charge in [-0.2, -0.15) is 8.42 Å². The Labute approximate surface area is 128 Å². The van der Waals surface area contributed by atoms with E-state index in [2.05, 4.69) is 4.83 Å². The molecule has 0 atom stereocenters. The first kappa shape index (κ1) is 14.2. The summed E-state index contributed by atoms with van der Waals surface area (Å²) < 4.78 is 26.2. The molecule has 0 amide bonds. The molecule has 3 rings (SSSR count). The largest absolute Gasteiger partial charge is 0.508 e. The number of hydrogen-bond donors (Lipinski definition) is 2. The monoisotopic (exact) mass is 314 g/mol. The summed E-state index contributed by atoms with van der Waals surface area (Å²) in [6.07, 6.45) is 1.63. The lowest BCUT2D eigenvalue weighted by Crippen LogP contribution is -2.23. The topological polar surface area (TPSA) is 71.3 Å². The minimum Gasteiger partial charge on any atom is -0.508 e. The number of benzene rings is 2. The molecule has 2 N–H and O–H groups in total. The molecule has 5 nitrogen and oxygen atoms in total. The number of aromatic hydroxyl groups is 1. The maximum absolute atomic E-state index is 12.4. The molecule has 0 spiro atoms. The van der Waals surface area contributed by atoms with Crippen LogP contribution >= 0.6 is 0 Å². The molecule has 0 saturated carbocycles. The van der Waals surface area contributed by atoms with Crippen LogP contribution in [-0.2, 0) is 10.0 Å². The molecular weight excluding hydrogens is 300 g/mol. The van der Waals surface area contributed by atoms with Crippen molar-refractivity contribution in [1.29, 1.82) is 0 Å². The second-order valence-electron chi connectivity index (χ2n) is 4.72. The van der Waals surface area contributed by atoms with E-state index in [4.69, 9.17) is 0 Å². The molecule has 0 aliphatic rings. The molecule has 3 aromatic rings. The molecular formula is C16H14N2O3S. The highest BCUT2D eigenvalue weighted by Crippen LogP contribution is 2.22. The van der Waals surface area contributed by atoms with Gasteiger partial charge in [-0.15, -0.1) is 0 Å². The summed E-state index contributed by atoms with van der Waals surface area (Å²) >= 11 is 0. The average molecular weight is 314 g/mol. The quantitative estimate of drug-likeness (QED) is 0.778. The minimum atomic E-state index is -3.66. The zero-order chi connectivity index (χ0) is 15.6. The van der Waals surface area contributed by atoms with Crippen molar-refractivity contribution >= 4 is 10.0 Å². The fourth-order valence-electron chi connectivity index (χ4n) is 2.11. The molecule has 22 heavy (non-hydrogen) atoms.